The van der Waals surface area contributed by atoms with E-state index in [1.165, 1.54) is 50.6 Å². The highest BCUT2D eigenvalue weighted by Gasteiger charge is 2.11. The van der Waals surface area contributed by atoms with E-state index < -0.39 is 0 Å². The number of rotatable bonds is 8. The predicted molar refractivity (Wildman–Crippen MR) is 74.4 cm³/mol. The Bertz CT molecular complexity index is 315. The first kappa shape index (κ1) is 14.3. The van der Waals surface area contributed by atoms with Crippen LogP contribution in [0.5, 0.6) is 0 Å². The molecule has 0 fully saturated rings. The van der Waals surface area contributed by atoms with E-state index in [1.807, 2.05) is 0 Å². The molecule has 1 rings (SSSR count). The lowest BCUT2D eigenvalue weighted by Crippen LogP contribution is -2.11. The molecule has 17 heavy (non-hydrogen) atoms. The maximum atomic E-state index is 4.61. The number of aryl methyl sites for hydroxylation is 2. The Morgan fingerprint density at radius 3 is 2.35 bits per heavy atom. The summed E-state index contributed by atoms with van der Waals surface area (Å²) in [6.07, 6.45) is 9.30. The monoisotopic (exact) mass is 236 g/mol. The molecule has 0 N–H and O–H groups in total. The third-order valence-corrected chi connectivity index (χ3v) is 3.50. The predicted octanol–water partition coefficient (Wildman–Crippen LogP) is 4.81. The first-order valence-electron chi connectivity index (χ1n) is 7.21. The SMILES string of the molecule is CCCCCCCC(CC)n1nc(C)cc1C. The van der Waals surface area contributed by atoms with Gasteiger partial charge in [-0.05, 0) is 32.8 Å². The van der Waals surface area contributed by atoms with Crippen LogP contribution in [0.1, 0.15) is 76.2 Å². The van der Waals surface area contributed by atoms with Crippen molar-refractivity contribution in [2.45, 2.75) is 78.7 Å². The highest BCUT2D eigenvalue weighted by Crippen LogP contribution is 2.21. The highest BCUT2D eigenvalue weighted by molar-refractivity contribution is 5.07. The standard InChI is InChI=1S/C15H28N2/c1-5-7-8-9-10-11-15(6-2)17-14(4)12-13(3)16-17/h12,15H,5-11H2,1-4H3. The van der Waals surface area contributed by atoms with Crippen molar-refractivity contribution in [3.05, 3.63) is 17.5 Å². The zero-order valence-electron chi connectivity index (χ0n) is 12.0. The number of hydrogen-bond donors (Lipinski definition) is 0. The van der Waals surface area contributed by atoms with Crippen molar-refractivity contribution >= 4 is 0 Å². The van der Waals surface area contributed by atoms with Crippen LogP contribution in [0.4, 0.5) is 0 Å². The molecule has 1 heterocycles. The molecule has 1 unspecified atom stereocenters. The first-order valence-corrected chi connectivity index (χ1v) is 7.21. The molecule has 0 radical (unpaired) electrons. The lowest BCUT2D eigenvalue weighted by molar-refractivity contribution is 0.386. The lowest BCUT2D eigenvalue weighted by Gasteiger charge is -2.17. The van der Waals surface area contributed by atoms with E-state index in [4.69, 9.17) is 0 Å². The molecule has 0 bridgehead atoms. The van der Waals surface area contributed by atoms with Crippen LogP contribution in [-0.4, -0.2) is 9.78 Å². The van der Waals surface area contributed by atoms with Crippen LogP contribution in [0.25, 0.3) is 0 Å². The molecular formula is C15H28N2. The van der Waals surface area contributed by atoms with E-state index in [2.05, 4.69) is 43.5 Å². The van der Waals surface area contributed by atoms with Crippen molar-refractivity contribution in [1.29, 1.82) is 0 Å². The van der Waals surface area contributed by atoms with Gasteiger partial charge in [0.05, 0.1) is 11.7 Å². The van der Waals surface area contributed by atoms with Crippen molar-refractivity contribution in [2.24, 2.45) is 0 Å². The average Bonchev–Trinajstić information content (AvgIpc) is 2.63. The molecule has 2 heteroatoms. The molecule has 0 aliphatic heterocycles. The third-order valence-electron chi connectivity index (χ3n) is 3.50. The van der Waals surface area contributed by atoms with Crippen LogP contribution in [0.2, 0.25) is 0 Å². The Labute approximate surface area is 106 Å². The van der Waals surface area contributed by atoms with Crippen LogP contribution < -0.4 is 0 Å². The van der Waals surface area contributed by atoms with Gasteiger partial charge in [-0.15, -0.1) is 0 Å². The summed E-state index contributed by atoms with van der Waals surface area (Å²) in [6.45, 7) is 8.79. The summed E-state index contributed by atoms with van der Waals surface area (Å²) >= 11 is 0. The smallest absolute Gasteiger partial charge is 0.0596 e. The molecule has 0 aliphatic carbocycles. The third kappa shape index (κ3) is 4.53. The largest absolute Gasteiger partial charge is 0.267 e. The molecule has 1 atom stereocenters. The van der Waals surface area contributed by atoms with Gasteiger partial charge in [0.15, 0.2) is 0 Å². The summed E-state index contributed by atoms with van der Waals surface area (Å²) in [6, 6.07) is 2.78. The zero-order valence-corrected chi connectivity index (χ0v) is 12.0. The van der Waals surface area contributed by atoms with E-state index in [0.717, 1.165) is 5.69 Å². The molecule has 0 amide bonds. The van der Waals surface area contributed by atoms with E-state index in [1.54, 1.807) is 0 Å². The average molecular weight is 236 g/mol. The highest BCUT2D eigenvalue weighted by atomic mass is 15.3. The van der Waals surface area contributed by atoms with Gasteiger partial charge in [0, 0.05) is 5.69 Å². The van der Waals surface area contributed by atoms with Crippen LogP contribution in [0.15, 0.2) is 6.07 Å². The minimum atomic E-state index is 0.602. The summed E-state index contributed by atoms with van der Waals surface area (Å²) in [5.41, 5.74) is 2.45. The molecule has 0 aliphatic rings. The van der Waals surface area contributed by atoms with E-state index in [-0.39, 0.29) is 0 Å². The van der Waals surface area contributed by atoms with Crippen LogP contribution in [-0.2, 0) is 0 Å². The van der Waals surface area contributed by atoms with Gasteiger partial charge in [0.2, 0.25) is 0 Å². The summed E-state index contributed by atoms with van der Waals surface area (Å²) < 4.78 is 2.23. The molecule has 98 valence electrons. The normalized spacial score (nSPS) is 12.9. The van der Waals surface area contributed by atoms with Crippen molar-refractivity contribution in [2.75, 3.05) is 0 Å². The van der Waals surface area contributed by atoms with Gasteiger partial charge in [0.1, 0.15) is 0 Å². The number of aromatic nitrogens is 2. The van der Waals surface area contributed by atoms with Crippen LogP contribution >= 0.6 is 0 Å². The zero-order chi connectivity index (χ0) is 12.7. The maximum Gasteiger partial charge on any atom is 0.0596 e. The summed E-state index contributed by atoms with van der Waals surface area (Å²) in [7, 11) is 0. The van der Waals surface area contributed by atoms with Gasteiger partial charge in [0.25, 0.3) is 0 Å². The second-order valence-electron chi connectivity index (χ2n) is 5.14. The van der Waals surface area contributed by atoms with E-state index in [0.29, 0.717) is 6.04 Å². The van der Waals surface area contributed by atoms with E-state index in [9.17, 15) is 0 Å². The molecule has 0 saturated carbocycles. The Balaban J connectivity index is 2.40. The Kier molecular flexibility index (Phi) is 6.31. The molecule has 0 aromatic carbocycles. The fourth-order valence-electron chi connectivity index (χ4n) is 2.50. The molecule has 0 saturated heterocycles. The molecule has 2 nitrogen and oxygen atoms in total. The Morgan fingerprint density at radius 1 is 1.12 bits per heavy atom. The summed E-state index contributed by atoms with van der Waals surface area (Å²) in [5.74, 6) is 0. The molecular weight excluding hydrogens is 208 g/mol. The van der Waals surface area contributed by atoms with Crippen molar-refractivity contribution < 1.29 is 0 Å². The van der Waals surface area contributed by atoms with Gasteiger partial charge < -0.3 is 0 Å². The fraction of sp³-hybridized carbons (Fsp3) is 0.800. The van der Waals surface area contributed by atoms with Gasteiger partial charge in [-0.2, -0.15) is 5.10 Å². The summed E-state index contributed by atoms with van der Waals surface area (Å²) in [4.78, 5) is 0. The minimum Gasteiger partial charge on any atom is -0.267 e. The Morgan fingerprint density at radius 2 is 1.82 bits per heavy atom. The Hall–Kier alpha value is -0.790. The van der Waals surface area contributed by atoms with Crippen LogP contribution in [0.3, 0.4) is 0 Å². The maximum absolute atomic E-state index is 4.61. The van der Waals surface area contributed by atoms with Gasteiger partial charge in [-0.25, -0.2) is 0 Å². The van der Waals surface area contributed by atoms with Gasteiger partial charge in [-0.3, -0.25) is 4.68 Å². The number of unbranched alkanes of at least 4 members (excludes halogenated alkanes) is 4. The van der Waals surface area contributed by atoms with Crippen LogP contribution in [0, 0.1) is 13.8 Å². The second kappa shape index (κ2) is 7.52. The van der Waals surface area contributed by atoms with Crippen molar-refractivity contribution in [3.8, 4) is 0 Å². The second-order valence-corrected chi connectivity index (χ2v) is 5.14. The van der Waals surface area contributed by atoms with Crippen molar-refractivity contribution in [1.82, 2.24) is 9.78 Å². The molecule has 1 aromatic heterocycles. The number of hydrogen-bond acceptors (Lipinski definition) is 1. The fourth-order valence-corrected chi connectivity index (χ4v) is 2.50. The minimum absolute atomic E-state index is 0.602. The lowest BCUT2D eigenvalue weighted by atomic mass is 10.0. The van der Waals surface area contributed by atoms with Crippen molar-refractivity contribution in [3.63, 3.8) is 0 Å². The molecule has 0 spiro atoms. The summed E-state index contributed by atoms with van der Waals surface area (Å²) in [5, 5.41) is 4.61. The first-order chi connectivity index (χ1) is 8.19. The topological polar surface area (TPSA) is 17.8 Å². The molecule has 1 aromatic rings. The number of nitrogens with zero attached hydrogens (tertiary/aromatic N) is 2. The quantitative estimate of drug-likeness (QED) is 0.592. The van der Waals surface area contributed by atoms with E-state index >= 15 is 0 Å². The van der Waals surface area contributed by atoms with Gasteiger partial charge in [-0.1, -0.05) is 46.0 Å². The van der Waals surface area contributed by atoms with Gasteiger partial charge >= 0.3 is 0 Å².